The Morgan fingerprint density at radius 1 is 0.974 bits per heavy atom. The predicted octanol–water partition coefficient (Wildman–Crippen LogP) is 5.37. The molecule has 0 bridgehead atoms. The van der Waals surface area contributed by atoms with E-state index in [9.17, 15) is 9.59 Å². The molecular weight excluding hydrogens is 502 g/mol. The van der Waals surface area contributed by atoms with E-state index in [0.717, 1.165) is 34.1 Å². The molecule has 0 radical (unpaired) electrons. The number of allylic oxidation sites excluding steroid dienone is 3. The SMILES string of the molecule is CCSCCOC(=O)C1=C(C)NC2=C(C(=O)C[C@H](c3ccc(OC)cc3)C2)[C@H]1c1ccc(OC)c(OC)c1. The van der Waals surface area contributed by atoms with E-state index in [-0.39, 0.29) is 11.7 Å². The molecule has 0 spiro atoms. The number of dihydropyridines is 1. The fourth-order valence-corrected chi connectivity index (χ4v) is 5.69. The lowest BCUT2D eigenvalue weighted by Crippen LogP contribution is -2.36. The van der Waals surface area contributed by atoms with Gasteiger partial charge in [0, 0.05) is 35.1 Å². The van der Waals surface area contributed by atoms with Gasteiger partial charge < -0.3 is 24.3 Å². The van der Waals surface area contributed by atoms with Crippen LogP contribution in [0.25, 0.3) is 0 Å². The van der Waals surface area contributed by atoms with Crippen LogP contribution >= 0.6 is 11.8 Å². The number of benzene rings is 2. The normalized spacial score (nSPS) is 19.0. The van der Waals surface area contributed by atoms with Crippen molar-refractivity contribution in [1.82, 2.24) is 5.32 Å². The molecule has 1 aliphatic heterocycles. The van der Waals surface area contributed by atoms with E-state index >= 15 is 0 Å². The molecule has 0 aromatic heterocycles. The third kappa shape index (κ3) is 5.70. The van der Waals surface area contributed by atoms with E-state index in [0.29, 0.717) is 47.8 Å². The van der Waals surface area contributed by atoms with Gasteiger partial charge in [-0.2, -0.15) is 11.8 Å². The summed E-state index contributed by atoms with van der Waals surface area (Å²) in [6, 6.07) is 13.4. The molecule has 202 valence electrons. The number of hydrogen-bond donors (Lipinski definition) is 1. The van der Waals surface area contributed by atoms with Crippen LogP contribution in [-0.2, 0) is 14.3 Å². The lowest BCUT2D eigenvalue weighted by atomic mass is 9.71. The second-order valence-electron chi connectivity index (χ2n) is 9.24. The van der Waals surface area contributed by atoms with Crippen molar-refractivity contribution in [2.45, 2.75) is 38.5 Å². The van der Waals surface area contributed by atoms with Crippen LogP contribution in [0.3, 0.4) is 0 Å². The van der Waals surface area contributed by atoms with Gasteiger partial charge in [0.1, 0.15) is 12.4 Å². The zero-order valence-electron chi connectivity index (χ0n) is 22.6. The first-order valence-electron chi connectivity index (χ1n) is 12.8. The molecule has 0 unspecified atom stereocenters. The highest BCUT2D eigenvalue weighted by Crippen LogP contribution is 2.47. The van der Waals surface area contributed by atoms with Crippen molar-refractivity contribution in [3.8, 4) is 17.2 Å². The average Bonchev–Trinajstić information content (AvgIpc) is 2.94. The number of esters is 1. The molecule has 7 nitrogen and oxygen atoms in total. The number of ether oxygens (including phenoxy) is 4. The number of hydrogen-bond acceptors (Lipinski definition) is 8. The minimum Gasteiger partial charge on any atom is -0.497 e. The van der Waals surface area contributed by atoms with Gasteiger partial charge in [-0.1, -0.05) is 25.1 Å². The van der Waals surface area contributed by atoms with E-state index < -0.39 is 11.9 Å². The minimum atomic E-state index is -0.568. The van der Waals surface area contributed by atoms with Gasteiger partial charge in [0.2, 0.25) is 0 Å². The Bertz CT molecular complexity index is 1250. The third-order valence-corrected chi connectivity index (χ3v) is 7.90. The lowest BCUT2D eigenvalue weighted by Gasteiger charge is -2.37. The van der Waals surface area contributed by atoms with Gasteiger partial charge in [0.05, 0.1) is 26.9 Å². The van der Waals surface area contributed by atoms with Crippen LogP contribution in [0.15, 0.2) is 65.0 Å². The minimum absolute atomic E-state index is 0.0127. The first-order chi connectivity index (χ1) is 18.4. The van der Waals surface area contributed by atoms with Gasteiger partial charge in [0.15, 0.2) is 17.3 Å². The Labute approximate surface area is 228 Å². The van der Waals surface area contributed by atoms with Gasteiger partial charge >= 0.3 is 5.97 Å². The summed E-state index contributed by atoms with van der Waals surface area (Å²) in [5.74, 6) is 2.63. The molecule has 1 heterocycles. The quantitative estimate of drug-likeness (QED) is 0.320. The zero-order valence-corrected chi connectivity index (χ0v) is 23.4. The van der Waals surface area contributed by atoms with Crippen LogP contribution in [0.1, 0.15) is 49.7 Å². The molecule has 0 saturated heterocycles. The molecule has 8 heteroatoms. The summed E-state index contributed by atoms with van der Waals surface area (Å²) in [7, 11) is 4.78. The number of methoxy groups -OCH3 is 3. The molecule has 1 N–H and O–H groups in total. The Morgan fingerprint density at radius 2 is 1.68 bits per heavy atom. The zero-order chi connectivity index (χ0) is 27.2. The number of Topliss-reactive ketones (excluding diaryl/α,β-unsaturated/α-hetero) is 1. The smallest absolute Gasteiger partial charge is 0.336 e. The fraction of sp³-hybridized carbons (Fsp3) is 0.400. The van der Waals surface area contributed by atoms with Gasteiger partial charge in [-0.25, -0.2) is 4.79 Å². The highest BCUT2D eigenvalue weighted by atomic mass is 32.2. The van der Waals surface area contributed by atoms with E-state index in [1.54, 1.807) is 39.2 Å². The maximum absolute atomic E-state index is 13.8. The highest BCUT2D eigenvalue weighted by Gasteiger charge is 2.41. The number of thioether (sulfide) groups is 1. The largest absolute Gasteiger partial charge is 0.497 e. The van der Waals surface area contributed by atoms with Crippen molar-refractivity contribution >= 4 is 23.5 Å². The molecule has 0 amide bonds. The molecule has 1 aliphatic carbocycles. The number of ketones is 1. The monoisotopic (exact) mass is 537 g/mol. The van der Waals surface area contributed by atoms with Crippen LogP contribution < -0.4 is 19.5 Å². The van der Waals surface area contributed by atoms with Crippen LogP contribution in [-0.4, -0.2) is 51.2 Å². The summed E-state index contributed by atoms with van der Waals surface area (Å²) in [6.45, 7) is 4.25. The molecule has 2 aromatic rings. The van der Waals surface area contributed by atoms with Crippen LogP contribution in [0, 0.1) is 0 Å². The van der Waals surface area contributed by atoms with E-state index in [2.05, 4.69) is 12.2 Å². The Balaban J connectivity index is 1.74. The molecule has 2 aliphatic rings. The summed E-state index contributed by atoms with van der Waals surface area (Å²) in [5.41, 5.74) is 4.46. The summed E-state index contributed by atoms with van der Waals surface area (Å²) in [5, 5.41) is 3.41. The van der Waals surface area contributed by atoms with E-state index in [4.69, 9.17) is 18.9 Å². The molecule has 2 aromatic carbocycles. The Hall–Kier alpha value is -3.39. The molecule has 4 rings (SSSR count). The summed E-state index contributed by atoms with van der Waals surface area (Å²) < 4.78 is 21.9. The number of carbonyl (C=O) groups is 2. The second kappa shape index (κ2) is 12.4. The summed E-state index contributed by atoms with van der Waals surface area (Å²) in [4.78, 5) is 27.2. The van der Waals surface area contributed by atoms with Crippen molar-refractivity contribution in [2.24, 2.45) is 0 Å². The predicted molar refractivity (Wildman–Crippen MR) is 149 cm³/mol. The number of rotatable bonds is 10. The van der Waals surface area contributed by atoms with E-state index in [1.807, 2.05) is 43.3 Å². The summed E-state index contributed by atoms with van der Waals surface area (Å²) in [6.07, 6.45) is 1.01. The summed E-state index contributed by atoms with van der Waals surface area (Å²) >= 11 is 1.71. The van der Waals surface area contributed by atoms with Crippen molar-refractivity contribution in [3.05, 3.63) is 76.1 Å². The first kappa shape index (κ1) is 27.6. The van der Waals surface area contributed by atoms with Gasteiger partial charge in [0.25, 0.3) is 0 Å². The Morgan fingerprint density at radius 3 is 2.34 bits per heavy atom. The van der Waals surface area contributed by atoms with Crippen molar-refractivity contribution in [1.29, 1.82) is 0 Å². The highest BCUT2D eigenvalue weighted by molar-refractivity contribution is 7.99. The van der Waals surface area contributed by atoms with Crippen molar-refractivity contribution in [2.75, 3.05) is 39.4 Å². The molecule has 0 saturated carbocycles. The molecule has 38 heavy (non-hydrogen) atoms. The Kier molecular flexibility index (Phi) is 9.05. The molecular formula is C30H35NO6S. The molecule has 0 fully saturated rings. The maximum atomic E-state index is 13.8. The topological polar surface area (TPSA) is 83.1 Å². The standard InChI is InChI=1S/C30H35NO6S/c1-6-38-14-13-37-30(33)27-18(2)31-23-15-21(19-7-10-22(34-3)11-8-19)16-24(32)29(23)28(27)20-9-12-25(35-4)26(17-20)36-5/h7-12,17,21,28,31H,6,13-16H2,1-5H3/t21-,28+/m1/s1. The van der Waals surface area contributed by atoms with Gasteiger partial charge in [-0.05, 0) is 60.4 Å². The first-order valence-corrected chi connectivity index (χ1v) is 13.9. The molecule has 2 atom stereocenters. The second-order valence-corrected chi connectivity index (χ2v) is 10.6. The van der Waals surface area contributed by atoms with E-state index in [1.165, 1.54) is 0 Å². The van der Waals surface area contributed by atoms with Crippen LogP contribution in [0.4, 0.5) is 0 Å². The average molecular weight is 538 g/mol. The number of nitrogens with one attached hydrogen (secondary N) is 1. The lowest BCUT2D eigenvalue weighted by molar-refractivity contribution is -0.138. The van der Waals surface area contributed by atoms with Gasteiger partial charge in [-0.15, -0.1) is 0 Å². The fourth-order valence-electron chi connectivity index (χ4n) is 5.20. The van der Waals surface area contributed by atoms with Crippen LogP contribution in [0.2, 0.25) is 0 Å². The van der Waals surface area contributed by atoms with Gasteiger partial charge in [-0.3, -0.25) is 4.79 Å². The van der Waals surface area contributed by atoms with Crippen molar-refractivity contribution < 1.29 is 28.5 Å². The third-order valence-electron chi connectivity index (χ3n) is 7.04. The number of carbonyl (C=O) groups excluding carboxylic acids is 2. The van der Waals surface area contributed by atoms with Crippen LogP contribution in [0.5, 0.6) is 17.2 Å². The maximum Gasteiger partial charge on any atom is 0.336 e. The van der Waals surface area contributed by atoms with Crippen molar-refractivity contribution in [3.63, 3.8) is 0 Å².